The molecule has 0 bridgehead atoms. The third kappa shape index (κ3) is 6.02. The van der Waals surface area contributed by atoms with E-state index in [0.717, 1.165) is 35.8 Å². The maximum Gasteiger partial charge on any atom is 0.328 e. The Morgan fingerprint density at radius 3 is 2.80 bits per heavy atom. The quantitative estimate of drug-likeness (QED) is 0.591. The molecule has 0 saturated carbocycles. The fourth-order valence-corrected chi connectivity index (χ4v) is 2.59. The fraction of sp³-hybridized carbons (Fsp3) is 0.467. The zero-order chi connectivity index (χ0) is 15.0. The van der Waals surface area contributed by atoms with E-state index in [0.29, 0.717) is 13.0 Å². The van der Waals surface area contributed by atoms with E-state index in [-0.39, 0.29) is 5.91 Å². The van der Waals surface area contributed by atoms with Gasteiger partial charge in [-0.2, -0.15) is 0 Å². The van der Waals surface area contributed by atoms with Crippen molar-refractivity contribution in [2.75, 3.05) is 7.05 Å². The smallest absolute Gasteiger partial charge is 0.328 e. The highest BCUT2D eigenvalue weighted by Crippen LogP contribution is 2.18. The van der Waals surface area contributed by atoms with E-state index >= 15 is 0 Å². The SMILES string of the molecule is CCCCCC(=O)N(C)Cc1csc(C=CC(=O)O)c1. The van der Waals surface area contributed by atoms with Gasteiger partial charge in [-0.05, 0) is 29.5 Å². The highest BCUT2D eigenvalue weighted by Gasteiger charge is 2.09. The van der Waals surface area contributed by atoms with Crippen LogP contribution in [0.25, 0.3) is 6.08 Å². The molecular formula is C15H21NO3S. The molecule has 4 nitrogen and oxygen atoms in total. The van der Waals surface area contributed by atoms with Crippen LogP contribution in [-0.4, -0.2) is 28.9 Å². The molecule has 0 aliphatic carbocycles. The molecular weight excluding hydrogens is 274 g/mol. The molecule has 0 aromatic carbocycles. The highest BCUT2D eigenvalue weighted by atomic mass is 32.1. The summed E-state index contributed by atoms with van der Waals surface area (Å²) in [6.45, 7) is 2.69. The number of nitrogens with zero attached hydrogens (tertiary/aromatic N) is 1. The molecule has 1 aromatic rings. The van der Waals surface area contributed by atoms with Gasteiger partial charge in [-0.3, -0.25) is 4.79 Å². The maximum absolute atomic E-state index is 11.9. The van der Waals surface area contributed by atoms with Crippen molar-refractivity contribution in [1.29, 1.82) is 0 Å². The van der Waals surface area contributed by atoms with Crippen molar-refractivity contribution in [2.45, 2.75) is 39.2 Å². The average molecular weight is 295 g/mol. The van der Waals surface area contributed by atoms with Crippen LogP contribution >= 0.6 is 11.3 Å². The minimum Gasteiger partial charge on any atom is -0.478 e. The van der Waals surface area contributed by atoms with E-state index in [4.69, 9.17) is 5.11 Å². The van der Waals surface area contributed by atoms with Gasteiger partial charge in [-0.25, -0.2) is 4.79 Å². The third-order valence-electron chi connectivity index (χ3n) is 2.90. The van der Waals surface area contributed by atoms with Crippen LogP contribution in [0.3, 0.4) is 0 Å². The van der Waals surface area contributed by atoms with Crippen LogP contribution in [0.4, 0.5) is 0 Å². The first-order chi connectivity index (χ1) is 9.52. The lowest BCUT2D eigenvalue weighted by Gasteiger charge is -2.16. The summed E-state index contributed by atoms with van der Waals surface area (Å²) in [5, 5.41) is 10.5. The molecule has 0 unspecified atom stereocenters. The molecule has 0 saturated heterocycles. The zero-order valence-electron chi connectivity index (χ0n) is 12.0. The van der Waals surface area contributed by atoms with Gasteiger partial charge >= 0.3 is 5.97 Å². The summed E-state index contributed by atoms with van der Waals surface area (Å²) in [6, 6.07) is 1.92. The second-order valence-corrected chi connectivity index (χ2v) is 5.68. The topological polar surface area (TPSA) is 57.6 Å². The van der Waals surface area contributed by atoms with Gasteiger partial charge in [0.2, 0.25) is 5.91 Å². The lowest BCUT2D eigenvalue weighted by molar-refractivity contribution is -0.131. The number of rotatable bonds is 8. The summed E-state index contributed by atoms with van der Waals surface area (Å²) in [6.07, 6.45) is 6.42. The van der Waals surface area contributed by atoms with Crippen LogP contribution in [-0.2, 0) is 16.1 Å². The number of carbonyl (C=O) groups excluding carboxylic acids is 1. The van der Waals surface area contributed by atoms with Gasteiger partial charge in [0.15, 0.2) is 0 Å². The average Bonchev–Trinajstić information content (AvgIpc) is 2.84. The molecule has 0 aliphatic rings. The van der Waals surface area contributed by atoms with Crippen molar-refractivity contribution in [1.82, 2.24) is 4.90 Å². The standard InChI is InChI=1S/C15H21NO3S/c1-3-4-5-6-14(17)16(2)10-12-9-13(20-11-12)7-8-15(18)19/h7-9,11H,3-6,10H2,1-2H3,(H,18,19). The Hall–Kier alpha value is -1.62. The highest BCUT2D eigenvalue weighted by molar-refractivity contribution is 7.11. The first kappa shape index (κ1) is 16.4. The number of unbranched alkanes of at least 4 members (excludes halogenated alkanes) is 2. The van der Waals surface area contributed by atoms with Gasteiger partial charge in [0.25, 0.3) is 0 Å². The van der Waals surface area contributed by atoms with Crippen molar-refractivity contribution in [2.24, 2.45) is 0 Å². The van der Waals surface area contributed by atoms with Crippen LogP contribution in [0.15, 0.2) is 17.5 Å². The largest absolute Gasteiger partial charge is 0.478 e. The number of aliphatic carboxylic acids is 1. The van der Waals surface area contributed by atoms with Crippen LogP contribution in [0.5, 0.6) is 0 Å². The molecule has 20 heavy (non-hydrogen) atoms. The van der Waals surface area contributed by atoms with Crippen LogP contribution in [0.2, 0.25) is 0 Å². The van der Waals surface area contributed by atoms with Gasteiger partial charge in [0.05, 0.1) is 0 Å². The molecule has 110 valence electrons. The summed E-state index contributed by atoms with van der Waals surface area (Å²) in [4.78, 5) is 24.9. The first-order valence-electron chi connectivity index (χ1n) is 6.75. The molecule has 1 N–H and O–H groups in total. The predicted octanol–water partition coefficient (Wildman–Crippen LogP) is 3.38. The molecule has 0 atom stereocenters. The number of amides is 1. The van der Waals surface area contributed by atoms with E-state index in [1.54, 1.807) is 18.0 Å². The molecule has 0 aliphatic heterocycles. The van der Waals surface area contributed by atoms with Crippen LogP contribution in [0.1, 0.15) is 43.0 Å². The number of hydrogen-bond acceptors (Lipinski definition) is 3. The van der Waals surface area contributed by atoms with Crippen molar-refractivity contribution in [3.05, 3.63) is 28.0 Å². The first-order valence-corrected chi connectivity index (χ1v) is 7.63. The molecule has 0 spiro atoms. The number of carboxylic acids is 1. The van der Waals surface area contributed by atoms with Crippen LogP contribution < -0.4 is 0 Å². The van der Waals surface area contributed by atoms with Gasteiger partial charge in [-0.1, -0.05) is 19.8 Å². The Labute approximate surface area is 123 Å². The van der Waals surface area contributed by atoms with Crippen molar-refractivity contribution in [3.8, 4) is 0 Å². The summed E-state index contributed by atoms with van der Waals surface area (Å²) in [5.74, 6) is -0.796. The Balaban J connectivity index is 2.47. The molecule has 1 aromatic heterocycles. The lowest BCUT2D eigenvalue weighted by Crippen LogP contribution is -2.25. The summed E-state index contributed by atoms with van der Waals surface area (Å²) >= 11 is 1.48. The number of carbonyl (C=O) groups is 2. The molecule has 1 rings (SSSR count). The monoisotopic (exact) mass is 295 g/mol. The Bertz CT molecular complexity index is 479. The van der Waals surface area contributed by atoms with E-state index in [1.807, 2.05) is 11.4 Å². The zero-order valence-corrected chi connectivity index (χ0v) is 12.8. The van der Waals surface area contributed by atoms with E-state index < -0.39 is 5.97 Å². The van der Waals surface area contributed by atoms with Gasteiger partial charge in [0, 0.05) is 31.0 Å². The van der Waals surface area contributed by atoms with E-state index in [1.165, 1.54) is 11.3 Å². The normalized spacial score (nSPS) is 10.9. The number of thiophene rings is 1. The summed E-state index contributed by atoms with van der Waals surface area (Å²) in [5.41, 5.74) is 1.03. The molecule has 1 amide bonds. The molecule has 5 heteroatoms. The minimum absolute atomic E-state index is 0.160. The molecule has 0 fully saturated rings. The second kappa shape index (κ2) is 8.53. The lowest BCUT2D eigenvalue weighted by atomic mass is 10.2. The summed E-state index contributed by atoms with van der Waals surface area (Å²) < 4.78 is 0. The number of hydrogen-bond donors (Lipinski definition) is 1. The Morgan fingerprint density at radius 2 is 2.15 bits per heavy atom. The number of carboxylic acid groups (broad SMARTS) is 1. The van der Waals surface area contributed by atoms with Crippen molar-refractivity contribution >= 4 is 29.3 Å². The van der Waals surface area contributed by atoms with Gasteiger partial charge in [-0.15, -0.1) is 11.3 Å². The second-order valence-electron chi connectivity index (χ2n) is 4.74. The maximum atomic E-state index is 11.9. The fourth-order valence-electron chi connectivity index (χ4n) is 1.80. The van der Waals surface area contributed by atoms with E-state index in [9.17, 15) is 9.59 Å². The molecule has 1 heterocycles. The minimum atomic E-state index is -0.955. The van der Waals surface area contributed by atoms with Crippen LogP contribution in [0, 0.1) is 0 Å². The molecule has 0 radical (unpaired) electrons. The van der Waals surface area contributed by atoms with Crippen molar-refractivity contribution in [3.63, 3.8) is 0 Å². The summed E-state index contributed by atoms with van der Waals surface area (Å²) in [7, 11) is 1.80. The van der Waals surface area contributed by atoms with Crippen molar-refractivity contribution < 1.29 is 14.7 Å². The Morgan fingerprint density at radius 1 is 1.40 bits per heavy atom. The van der Waals surface area contributed by atoms with Gasteiger partial charge in [0.1, 0.15) is 0 Å². The van der Waals surface area contributed by atoms with Gasteiger partial charge < -0.3 is 10.0 Å². The third-order valence-corrected chi connectivity index (χ3v) is 3.85. The Kier molecular flexibility index (Phi) is 7.01. The predicted molar refractivity (Wildman–Crippen MR) is 81.6 cm³/mol. The van der Waals surface area contributed by atoms with E-state index in [2.05, 4.69) is 6.92 Å².